The topological polar surface area (TPSA) is 55.8 Å². The molecule has 1 aromatic carbocycles. The van der Waals surface area contributed by atoms with E-state index in [2.05, 4.69) is 25.3 Å². The molecule has 0 aromatic heterocycles. The van der Waals surface area contributed by atoms with Crippen molar-refractivity contribution >= 4 is 38.2 Å². The van der Waals surface area contributed by atoms with E-state index >= 15 is 0 Å². The highest BCUT2D eigenvalue weighted by molar-refractivity contribution is 6.80. The Kier molecular flexibility index (Phi) is 4.93. The SMILES string of the molecule is C[Si](C)(C)/C=C/COC(=O)c1cc2c(cc1Cl)COB2O. The number of rotatable bonds is 4. The molecule has 2 rings (SSSR count). The van der Waals surface area contributed by atoms with Crippen LogP contribution in [0, 0.1) is 0 Å². The van der Waals surface area contributed by atoms with Gasteiger partial charge in [-0.1, -0.05) is 43.0 Å². The lowest BCUT2D eigenvalue weighted by molar-refractivity contribution is 0.0550. The van der Waals surface area contributed by atoms with E-state index in [0.717, 1.165) is 5.56 Å². The van der Waals surface area contributed by atoms with Gasteiger partial charge in [0.2, 0.25) is 0 Å². The van der Waals surface area contributed by atoms with E-state index < -0.39 is 21.2 Å². The maximum atomic E-state index is 12.0. The molecule has 1 aromatic rings. The van der Waals surface area contributed by atoms with Crippen molar-refractivity contribution in [3.8, 4) is 0 Å². The molecule has 0 saturated heterocycles. The molecule has 0 unspecified atom stereocenters. The molecule has 0 fully saturated rings. The Morgan fingerprint density at radius 2 is 2.24 bits per heavy atom. The first-order chi connectivity index (χ1) is 9.78. The van der Waals surface area contributed by atoms with Crippen molar-refractivity contribution < 1.29 is 19.2 Å². The van der Waals surface area contributed by atoms with Gasteiger partial charge in [-0.15, -0.1) is 0 Å². The highest BCUT2D eigenvalue weighted by atomic mass is 35.5. The number of carbonyl (C=O) groups is 1. The van der Waals surface area contributed by atoms with E-state index in [0.29, 0.717) is 17.1 Å². The van der Waals surface area contributed by atoms with Crippen molar-refractivity contribution in [3.63, 3.8) is 0 Å². The minimum atomic E-state index is -1.29. The van der Waals surface area contributed by atoms with Crippen molar-refractivity contribution in [3.05, 3.63) is 40.1 Å². The first-order valence-corrected chi connectivity index (χ1v) is 10.7. The van der Waals surface area contributed by atoms with Crippen LogP contribution in [0.25, 0.3) is 0 Å². The fourth-order valence-electron chi connectivity index (χ4n) is 2.00. The van der Waals surface area contributed by atoms with E-state index in [1.54, 1.807) is 12.1 Å². The normalized spacial score (nSPS) is 14.6. The molecule has 4 nitrogen and oxygen atoms in total. The molecule has 1 N–H and O–H groups in total. The average molecular weight is 325 g/mol. The van der Waals surface area contributed by atoms with Crippen LogP contribution in [0.3, 0.4) is 0 Å². The van der Waals surface area contributed by atoms with Crippen LogP contribution >= 0.6 is 11.6 Å². The predicted molar refractivity (Wildman–Crippen MR) is 86.6 cm³/mol. The highest BCUT2D eigenvalue weighted by Crippen LogP contribution is 2.21. The molecule has 0 aliphatic carbocycles. The van der Waals surface area contributed by atoms with Crippen LogP contribution in [0.2, 0.25) is 24.7 Å². The van der Waals surface area contributed by atoms with E-state index in [1.807, 2.05) is 6.08 Å². The lowest BCUT2D eigenvalue weighted by Gasteiger charge is -2.09. The van der Waals surface area contributed by atoms with Gasteiger partial charge in [-0.2, -0.15) is 0 Å². The highest BCUT2D eigenvalue weighted by Gasteiger charge is 2.29. The number of halogens is 1. The van der Waals surface area contributed by atoms with Crippen LogP contribution in [0.1, 0.15) is 15.9 Å². The smallest absolute Gasteiger partial charge is 0.458 e. The van der Waals surface area contributed by atoms with Gasteiger partial charge in [-0.3, -0.25) is 0 Å². The molecule has 112 valence electrons. The van der Waals surface area contributed by atoms with Crippen LogP contribution in [0.5, 0.6) is 0 Å². The molecule has 1 heterocycles. The fourth-order valence-corrected chi connectivity index (χ4v) is 3.07. The second-order valence-electron chi connectivity index (χ2n) is 6.06. The maximum Gasteiger partial charge on any atom is 0.491 e. The minimum absolute atomic E-state index is 0.218. The van der Waals surface area contributed by atoms with E-state index in [1.165, 1.54) is 0 Å². The van der Waals surface area contributed by atoms with E-state index in [4.69, 9.17) is 21.0 Å². The summed E-state index contributed by atoms with van der Waals surface area (Å²) in [4.78, 5) is 12.0. The first kappa shape index (κ1) is 16.3. The molecule has 21 heavy (non-hydrogen) atoms. The fraction of sp³-hybridized carbons (Fsp3) is 0.357. The van der Waals surface area contributed by atoms with Gasteiger partial charge >= 0.3 is 13.1 Å². The quantitative estimate of drug-likeness (QED) is 0.681. The Balaban J connectivity index is 2.07. The van der Waals surface area contributed by atoms with Gasteiger partial charge in [0.1, 0.15) is 6.61 Å². The molecule has 0 spiro atoms. The zero-order chi connectivity index (χ0) is 15.6. The largest absolute Gasteiger partial charge is 0.491 e. The predicted octanol–water partition coefficient (Wildman–Crippen LogP) is 2.15. The lowest BCUT2D eigenvalue weighted by Crippen LogP contribution is -2.29. The number of hydrogen-bond acceptors (Lipinski definition) is 4. The van der Waals surface area contributed by atoms with Gasteiger partial charge in [0.25, 0.3) is 0 Å². The summed E-state index contributed by atoms with van der Waals surface area (Å²) in [7, 11) is -2.29. The third-order valence-electron chi connectivity index (χ3n) is 3.04. The summed E-state index contributed by atoms with van der Waals surface area (Å²) in [5, 5.41) is 9.97. The van der Waals surface area contributed by atoms with Gasteiger partial charge in [0.05, 0.1) is 25.3 Å². The Labute approximate surface area is 130 Å². The van der Waals surface area contributed by atoms with Crippen molar-refractivity contribution in [1.29, 1.82) is 0 Å². The van der Waals surface area contributed by atoms with Gasteiger partial charge in [0.15, 0.2) is 0 Å². The van der Waals surface area contributed by atoms with E-state index in [9.17, 15) is 9.82 Å². The number of hydrogen-bond donors (Lipinski definition) is 1. The second-order valence-corrected chi connectivity index (χ2v) is 11.5. The molecular weight excluding hydrogens is 307 g/mol. The van der Waals surface area contributed by atoms with Crippen LogP contribution < -0.4 is 5.46 Å². The van der Waals surface area contributed by atoms with Gasteiger partial charge in [0, 0.05) is 0 Å². The maximum absolute atomic E-state index is 12.0. The molecular formula is C14H18BClO4Si. The second kappa shape index (κ2) is 6.36. The summed E-state index contributed by atoms with van der Waals surface area (Å²) < 4.78 is 10.3. The van der Waals surface area contributed by atoms with Crippen molar-refractivity contribution in [1.82, 2.24) is 0 Å². The molecule has 0 saturated carbocycles. The van der Waals surface area contributed by atoms with Crippen molar-refractivity contribution in [2.45, 2.75) is 26.2 Å². The number of benzene rings is 1. The van der Waals surface area contributed by atoms with Crippen molar-refractivity contribution in [2.75, 3.05) is 6.61 Å². The van der Waals surface area contributed by atoms with Crippen LogP contribution in [-0.4, -0.2) is 32.8 Å². The molecule has 0 bridgehead atoms. The van der Waals surface area contributed by atoms with Crippen LogP contribution in [0.15, 0.2) is 23.9 Å². The number of carbonyl (C=O) groups excluding carboxylic acids is 1. The molecule has 1 aliphatic heterocycles. The van der Waals surface area contributed by atoms with Gasteiger partial charge in [-0.05, 0) is 23.2 Å². The summed E-state index contributed by atoms with van der Waals surface area (Å²) in [6.07, 6.45) is 1.86. The summed E-state index contributed by atoms with van der Waals surface area (Å²) in [6.45, 7) is 7.11. The monoisotopic (exact) mass is 324 g/mol. The summed E-state index contributed by atoms with van der Waals surface area (Å²) in [5.41, 5.74) is 3.73. The van der Waals surface area contributed by atoms with Crippen LogP contribution in [-0.2, 0) is 16.0 Å². The van der Waals surface area contributed by atoms with Crippen molar-refractivity contribution in [2.24, 2.45) is 0 Å². The Morgan fingerprint density at radius 1 is 1.52 bits per heavy atom. The summed E-state index contributed by atoms with van der Waals surface area (Å²) >= 11 is 6.09. The summed E-state index contributed by atoms with van der Waals surface area (Å²) in [6, 6.07) is 3.18. The Bertz CT molecular complexity index is 583. The third-order valence-corrected chi connectivity index (χ3v) is 4.59. The minimum Gasteiger partial charge on any atom is -0.458 e. The average Bonchev–Trinajstić information content (AvgIpc) is 2.73. The lowest BCUT2D eigenvalue weighted by atomic mass is 9.79. The molecule has 7 heteroatoms. The number of esters is 1. The molecule has 1 aliphatic rings. The van der Waals surface area contributed by atoms with Gasteiger partial charge < -0.3 is 14.4 Å². The number of fused-ring (bicyclic) bond motifs is 1. The van der Waals surface area contributed by atoms with E-state index in [-0.39, 0.29) is 12.2 Å². The van der Waals surface area contributed by atoms with Gasteiger partial charge in [-0.25, -0.2) is 4.79 Å². The molecule has 0 radical (unpaired) electrons. The third kappa shape index (κ3) is 4.20. The first-order valence-electron chi connectivity index (χ1n) is 6.75. The summed E-state index contributed by atoms with van der Waals surface area (Å²) in [5.74, 6) is -0.498. The Morgan fingerprint density at radius 3 is 2.90 bits per heavy atom. The number of ether oxygens (including phenoxy) is 1. The zero-order valence-electron chi connectivity index (χ0n) is 12.4. The standard InChI is InChI=1S/C14H18BClO4Si/c1-21(2,3)6-4-5-19-14(17)11-8-12-10(7-13(11)16)9-20-15(12)18/h4,6-8,18H,5,9H2,1-3H3/b6-4+. The molecule has 0 amide bonds. The Hall–Kier alpha value is -1.08. The zero-order valence-corrected chi connectivity index (χ0v) is 14.1. The van der Waals surface area contributed by atoms with Crippen LogP contribution in [0.4, 0.5) is 0 Å². The molecule has 0 atom stereocenters.